The lowest BCUT2D eigenvalue weighted by Crippen LogP contribution is -2.14. The highest BCUT2D eigenvalue weighted by Crippen LogP contribution is 2.54. The predicted molar refractivity (Wildman–Crippen MR) is 232 cm³/mol. The van der Waals surface area contributed by atoms with Gasteiger partial charge in [-0.15, -0.1) is 0 Å². The lowest BCUT2D eigenvalue weighted by atomic mass is 9.82. The second-order valence-electron chi connectivity index (χ2n) is 16.0. The van der Waals surface area contributed by atoms with Crippen LogP contribution < -0.4 is 0 Å². The van der Waals surface area contributed by atoms with E-state index in [1.165, 1.54) is 110 Å². The second-order valence-corrected chi connectivity index (χ2v) is 16.0. The van der Waals surface area contributed by atoms with Crippen molar-refractivity contribution in [1.29, 1.82) is 0 Å². The molecule has 1 heteroatoms. The largest absolute Gasteiger partial charge is 0.309 e. The molecule has 0 amide bonds. The van der Waals surface area contributed by atoms with Crippen LogP contribution in [0.15, 0.2) is 182 Å². The summed E-state index contributed by atoms with van der Waals surface area (Å²) in [7, 11) is 0. The molecule has 10 aromatic rings. The molecule has 0 N–H and O–H groups in total. The molecule has 1 aromatic heterocycles. The van der Waals surface area contributed by atoms with Crippen LogP contribution >= 0.6 is 0 Å². The molecule has 1 unspecified atom stereocenters. The van der Waals surface area contributed by atoms with Gasteiger partial charge in [0.25, 0.3) is 0 Å². The van der Waals surface area contributed by atoms with Gasteiger partial charge in [-0.25, -0.2) is 0 Å². The van der Waals surface area contributed by atoms with Crippen LogP contribution in [0.4, 0.5) is 0 Å². The van der Waals surface area contributed by atoms with Crippen molar-refractivity contribution in [3.63, 3.8) is 0 Å². The zero-order valence-electron chi connectivity index (χ0n) is 30.8. The molecule has 258 valence electrons. The van der Waals surface area contributed by atoms with Crippen LogP contribution in [0.3, 0.4) is 0 Å². The Morgan fingerprint density at radius 3 is 2.00 bits per heavy atom. The molecule has 0 radical (unpaired) electrons. The standard InChI is InChI=1S/C54H37N/c1-54(2)47-21-10-9-19-44(47)52-48(54)27-29-50-53(52)46-32-37(24-28-49(46)55(50)38-25-22-33-12-3-4-14-35(33)30-38)36-23-26-43-45(31-36)40-17-7-8-18-42(40)51(43)41-20-11-15-34-13-5-6-16-39(34)41/h3-32,51H,1-2H3. The van der Waals surface area contributed by atoms with E-state index in [-0.39, 0.29) is 11.3 Å². The van der Waals surface area contributed by atoms with E-state index >= 15 is 0 Å². The van der Waals surface area contributed by atoms with Crippen LogP contribution in [0.1, 0.15) is 47.6 Å². The summed E-state index contributed by atoms with van der Waals surface area (Å²) in [5.74, 6) is 0.194. The number of hydrogen-bond acceptors (Lipinski definition) is 0. The molecule has 0 aliphatic heterocycles. The molecule has 2 aliphatic rings. The van der Waals surface area contributed by atoms with Gasteiger partial charge in [0.15, 0.2) is 0 Å². The van der Waals surface area contributed by atoms with E-state index in [0.29, 0.717) is 0 Å². The Morgan fingerprint density at radius 2 is 1.09 bits per heavy atom. The topological polar surface area (TPSA) is 4.93 Å². The Morgan fingerprint density at radius 1 is 0.418 bits per heavy atom. The molecular formula is C54H37N. The minimum Gasteiger partial charge on any atom is -0.309 e. The number of rotatable bonds is 3. The van der Waals surface area contributed by atoms with Crippen LogP contribution in [0.5, 0.6) is 0 Å². The maximum Gasteiger partial charge on any atom is 0.0547 e. The Bertz CT molecular complexity index is 3240. The average Bonchev–Trinajstić information content (AvgIpc) is 3.83. The van der Waals surface area contributed by atoms with Crippen LogP contribution in [0.25, 0.3) is 82.4 Å². The van der Waals surface area contributed by atoms with E-state index in [1.807, 2.05) is 0 Å². The van der Waals surface area contributed by atoms with Crippen LogP contribution in [0, 0.1) is 0 Å². The fourth-order valence-electron chi connectivity index (χ4n) is 10.3. The summed E-state index contributed by atoms with van der Waals surface area (Å²) < 4.78 is 2.49. The normalized spacial score (nSPS) is 15.1. The number of aromatic nitrogens is 1. The van der Waals surface area contributed by atoms with Crippen molar-refractivity contribution < 1.29 is 0 Å². The first kappa shape index (κ1) is 30.7. The van der Waals surface area contributed by atoms with Gasteiger partial charge in [-0.1, -0.05) is 159 Å². The Labute approximate surface area is 320 Å². The van der Waals surface area contributed by atoms with Gasteiger partial charge in [0.2, 0.25) is 0 Å². The van der Waals surface area contributed by atoms with Gasteiger partial charge in [0.05, 0.1) is 11.0 Å². The molecule has 0 saturated carbocycles. The molecule has 2 aliphatic carbocycles. The SMILES string of the molecule is CC1(C)c2ccccc2-c2c1ccc1c2c2cc(-c3ccc4c(c3)-c3ccccc3C4c3cccc4ccccc34)ccc2n1-c1ccc2ccccc2c1. The van der Waals surface area contributed by atoms with Gasteiger partial charge in [-0.05, 0) is 119 Å². The smallest absolute Gasteiger partial charge is 0.0547 e. The molecule has 12 rings (SSSR count). The van der Waals surface area contributed by atoms with Gasteiger partial charge in [-0.3, -0.25) is 0 Å². The average molecular weight is 700 g/mol. The number of fused-ring (bicyclic) bond motifs is 12. The summed E-state index contributed by atoms with van der Waals surface area (Å²) in [6, 6.07) is 68.3. The summed E-state index contributed by atoms with van der Waals surface area (Å²) >= 11 is 0. The maximum atomic E-state index is 2.49. The molecule has 1 nitrogen and oxygen atoms in total. The molecule has 55 heavy (non-hydrogen) atoms. The van der Waals surface area contributed by atoms with Gasteiger partial charge in [-0.2, -0.15) is 0 Å². The number of hydrogen-bond donors (Lipinski definition) is 0. The van der Waals surface area contributed by atoms with E-state index in [0.717, 1.165) is 0 Å². The minimum atomic E-state index is -0.0803. The third-order valence-corrected chi connectivity index (χ3v) is 12.9. The first-order valence-electron chi connectivity index (χ1n) is 19.5. The fraction of sp³-hybridized carbons (Fsp3) is 0.0741. The van der Waals surface area contributed by atoms with Gasteiger partial charge < -0.3 is 4.57 Å². The van der Waals surface area contributed by atoms with Crippen molar-refractivity contribution in [3.8, 4) is 39.1 Å². The lowest BCUT2D eigenvalue weighted by Gasteiger charge is -2.21. The molecule has 0 bridgehead atoms. The van der Waals surface area contributed by atoms with E-state index < -0.39 is 0 Å². The summed E-state index contributed by atoms with van der Waals surface area (Å²) in [6.07, 6.45) is 0. The van der Waals surface area contributed by atoms with E-state index in [2.05, 4.69) is 200 Å². The highest BCUT2D eigenvalue weighted by atomic mass is 15.0. The highest BCUT2D eigenvalue weighted by molar-refractivity contribution is 6.18. The zero-order chi connectivity index (χ0) is 36.4. The van der Waals surface area contributed by atoms with Crippen LogP contribution in [-0.4, -0.2) is 4.57 Å². The van der Waals surface area contributed by atoms with Crippen molar-refractivity contribution in [2.45, 2.75) is 25.2 Å². The summed E-state index contributed by atoms with van der Waals surface area (Å²) in [5.41, 5.74) is 18.4. The van der Waals surface area contributed by atoms with E-state index in [4.69, 9.17) is 0 Å². The van der Waals surface area contributed by atoms with Crippen molar-refractivity contribution in [3.05, 3.63) is 210 Å². The van der Waals surface area contributed by atoms with Crippen molar-refractivity contribution in [2.24, 2.45) is 0 Å². The predicted octanol–water partition coefficient (Wildman–Crippen LogP) is 14.2. The van der Waals surface area contributed by atoms with E-state index in [9.17, 15) is 0 Å². The Kier molecular flexibility index (Phi) is 6.24. The first-order valence-corrected chi connectivity index (χ1v) is 19.5. The third kappa shape index (κ3) is 4.24. The first-order chi connectivity index (χ1) is 27.0. The quantitative estimate of drug-likeness (QED) is 0.173. The molecule has 0 spiro atoms. The minimum absolute atomic E-state index is 0.0803. The molecular weight excluding hydrogens is 663 g/mol. The number of nitrogens with zero attached hydrogens (tertiary/aromatic N) is 1. The second kappa shape index (κ2) is 11.2. The van der Waals surface area contributed by atoms with E-state index in [1.54, 1.807) is 0 Å². The van der Waals surface area contributed by atoms with Crippen molar-refractivity contribution >= 4 is 43.4 Å². The van der Waals surface area contributed by atoms with Crippen LogP contribution in [0.2, 0.25) is 0 Å². The Balaban J connectivity index is 1.10. The number of benzene rings is 9. The molecule has 0 saturated heterocycles. The van der Waals surface area contributed by atoms with Gasteiger partial charge in [0, 0.05) is 27.8 Å². The lowest BCUT2D eigenvalue weighted by molar-refractivity contribution is 0.661. The molecule has 1 atom stereocenters. The van der Waals surface area contributed by atoms with Gasteiger partial charge >= 0.3 is 0 Å². The van der Waals surface area contributed by atoms with Crippen molar-refractivity contribution in [1.82, 2.24) is 4.57 Å². The van der Waals surface area contributed by atoms with Crippen LogP contribution in [-0.2, 0) is 5.41 Å². The zero-order valence-corrected chi connectivity index (χ0v) is 30.8. The molecule has 9 aromatic carbocycles. The maximum absolute atomic E-state index is 2.49. The van der Waals surface area contributed by atoms with Crippen molar-refractivity contribution in [2.75, 3.05) is 0 Å². The molecule has 1 heterocycles. The summed E-state index contributed by atoms with van der Waals surface area (Å²) in [6.45, 7) is 4.76. The fourth-order valence-corrected chi connectivity index (χ4v) is 10.3. The monoisotopic (exact) mass is 699 g/mol. The molecule has 0 fully saturated rings. The summed E-state index contributed by atoms with van der Waals surface area (Å²) in [4.78, 5) is 0. The highest BCUT2D eigenvalue weighted by Gasteiger charge is 2.37. The summed E-state index contributed by atoms with van der Waals surface area (Å²) in [5, 5.41) is 7.75. The van der Waals surface area contributed by atoms with Gasteiger partial charge in [0.1, 0.15) is 0 Å². The third-order valence-electron chi connectivity index (χ3n) is 12.9. The Hall–Kier alpha value is -6.70.